The molecule has 1 N–H and O–H groups in total. The van der Waals surface area contributed by atoms with Crippen molar-refractivity contribution in [3.8, 4) is 5.75 Å². The predicted molar refractivity (Wildman–Crippen MR) is 66.9 cm³/mol. The van der Waals surface area contributed by atoms with E-state index >= 15 is 0 Å². The standard InChI is InChI=1S/C14H22O2/c1-11(2)10-12(8-9-15)13-6-4-5-7-14(13)16-3/h4-7,11-12,15H,8-10H2,1-3H3. The molecule has 1 aromatic rings. The predicted octanol–water partition coefficient (Wildman–Crippen LogP) is 3.21. The smallest absolute Gasteiger partial charge is 0.122 e. The molecule has 1 atom stereocenters. The fourth-order valence-electron chi connectivity index (χ4n) is 2.13. The van der Waals surface area contributed by atoms with Crippen LogP contribution >= 0.6 is 0 Å². The largest absolute Gasteiger partial charge is 0.496 e. The summed E-state index contributed by atoms with van der Waals surface area (Å²) in [5.74, 6) is 1.95. The Kier molecular flexibility index (Phi) is 5.33. The summed E-state index contributed by atoms with van der Waals surface area (Å²) in [4.78, 5) is 0. The van der Waals surface area contributed by atoms with E-state index in [2.05, 4.69) is 19.9 Å². The Morgan fingerprint density at radius 1 is 1.25 bits per heavy atom. The van der Waals surface area contributed by atoms with Crippen LogP contribution in [0.25, 0.3) is 0 Å². The van der Waals surface area contributed by atoms with Crippen LogP contribution in [0.2, 0.25) is 0 Å². The van der Waals surface area contributed by atoms with Crippen molar-refractivity contribution < 1.29 is 9.84 Å². The molecule has 0 amide bonds. The van der Waals surface area contributed by atoms with E-state index in [1.165, 1.54) is 5.56 Å². The number of hydrogen-bond donors (Lipinski definition) is 1. The van der Waals surface area contributed by atoms with Crippen LogP contribution in [0.15, 0.2) is 24.3 Å². The highest BCUT2D eigenvalue weighted by Crippen LogP contribution is 2.33. The Labute approximate surface area is 98.3 Å². The fourth-order valence-corrected chi connectivity index (χ4v) is 2.13. The summed E-state index contributed by atoms with van der Waals surface area (Å²) in [6.45, 7) is 4.65. The third-order valence-corrected chi connectivity index (χ3v) is 2.81. The molecule has 0 saturated heterocycles. The van der Waals surface area contributed by atoms with Crippen molar-refractivity contribution in [3.05, 3.63) is 29.8 Å². The molecule has 0 aliphatic carbocycles. The minimum absolute atomic E-state index is 0.232. The molecular weight excluding hydrogens is 200 g/mol. The Bertz CT molecular complexity index is 307. The van der Waals surface area contributed by atoms with Crippen LogP contribution in [0.3, 0.4) is 0 Å². The number of aliphatic hydroxyl groups is 1. The van der Waals surface area contributed by atoms with Gasteiger partial charge in [-0.2, -0.15) is 0 Å². The molecule has 0 aliphatic rings. The Morgan fingerprint density at radius 3 is 2.50 bits per heavy atom. The first-order chi connectivity index (χ1) is 7.69. The second-order valence-electron chi connectivity index (χ2n) is 4.58. The van der Waals surface area contributed by atoms with Crippen LogP contribution < -0.4 is 4.74 Å². The molecule has 2 nitrogen and oxygen atoms in total. The van der Waals surface area contributed by atoms with Gasteiger partial charge in [0, 0.05) is 6.61 Å². The second kappa shape index (κ2) is 6.54. The molecule has 0 heterocycles. The molecule has 1 unspecified atom stereocenters. The lowest BCUT2D eigenvalue weighted by Crippen LogP contribution is -2.07. The van der Waals surface area contributed by atoms with Crippen molar-refractivity contribution in [2.45, 2.75) is 32.6 Å². The van der Waals surface area contributed by atoms with Crippen LogP contribution in [-0.2, 0) is 0 Å². The van der Waals surface area contributed by atoms with Crippen LogP contribution in [-0.4, -0.2) is 18.8 Å². The summed E-state index contributed by atoms with van der Waals surface area (Å²) in [5, 5.41) is 9.13. The topological polar surface area (TPSA) is 29.5 Å². The lowest BCUT2D eigenvalue weighted by atomic mass is 9.87. The highest BCUT2D eigenvalue weighted by Gasteiger charge is 2.16. The van der Waals surface area contributed by atoms with E-state index in [9.17, 15) is 0 Å². The Morgan fingerprint density at radius 2 is 1.94 bits per heavy atom. The highest BCUT2D eigenvalue weighted by atomic mass is 16.5. The lowest BCUT2D eigenvalue weighted by Gasteiger charge is -2.20. The number of hydrogen-bond acceptors (Lipinski definition) is 2. The lowest BCUT2D eigenvalue weighted by molar-refractivity contribution is 0.265. The molecule has 1 aromatic carbocycles. The first kappa shape index (κ1) is 13.0. The second-order valence-corrected chi connectivity index (χ2v) is 4.58. The molecule has 2 heteroatoms. The summed E-state index contributed by atoms with van der Waals surface area (Å²) in [6, 6.07) is 8.10. The molecule has 16 heavy (non-hydrogen) atoms. The van der Waals surface area contributed by atoms with E-state index in [0.29, 0.717) is 11.8 Å². The molecule has 0 aromatic heterocycles. The monoisotopic (exact) mass is 222 g/mol. The maximum atomic E-state index is 9.13. The fraction of sp³-hybridized carbons (Fsp3) is 0.571. The van der Waals surface area contributed by atoms with Gasteiger partial charge in [0.05, 0.1) is 7.11 Å². The van der Waals surface area contributed by atoms with Crippen LogP contribution in [0.1, 0.15) is 38.2 Å². The normalized spacial score (nSPS) is 12.8. The quantitative estimate of drug-likeness (QED) is 0.801. The molecule has 90 valence electrons. The average Bonchev–Trinajstić information content (AvgIpc) is 2.28. The van der Waals surface area contributed by atoms with Gasteiger partial charge in [0.1, 0.15) is 5.75 Å². The maximum absolute atomic E-state index is 9.13. The summed E-state index contributed by atoms with van der Waals surface area (Å²) in [6.07, 6.45) is 1.89. The zero-order chi connectivity index (χ0) is 12.0. The molecule has 0 aliphatic heterocycles. The number of para-hydroxylation sites is 1. The Hall–Kier alpha value is -1.02. The van der Waals surface area contributed by atoms with Crippen molar-refractivity contribution in [1.29, 1.82) is 0 Å². The average molecular weight is 222 g/mol. The molecule has 0 bridgehead atoms. The van der Waals surface area contributed by atoms with Gasteiger partial charge in [-0.15, -0.1) is 0 Å². The number of ether oxygens (including phenoxy) is 1. The van der Waals surface area contributed by atoms with Gasteiger partial charge >= 0.3 is 0 Å². The summed E-state index contributed by atoms with van der Waals surface area (Å²) >= 11 is 0. The first-order valence-corrected chi connectivity index (χ1v) is 5.92. The molecule has 0 spiro atoms. The van der Waals surface area contributed by atoms with Crippen molar-refractivity contribution >= 4 is 0 Å². The van der Waals surface area contributed by atoms with Crippen LogP contribution in [0.4, 0.5) is 0 Å². The van der Waals surface area contributed by atoms with E-state index in [4.69, 9.17) is 9.84 Å². The van der Waals surface area contributed by atoms with E-state index in [-0.39, 0.29) is 6.61 Å². The van der Waals surface area contributed by atoms with Gasteiger partial charge < -0.3 is 9.84 Å². The first-order valence-electron chi connectivity index (χ1n) is 5.92. The molecule has 0 radical (unpaired) electrons. The van der Waals surface area contributed by atoms with Gasteiger partial charge in [-0.1, -0.05) is 32.0 Å². The van der Waals surface area contributed by atoms with E-state index in [1.807, 2.05) is 18.2 Å². The van der Waals surface area contributed by atoms with Crippen molar-refractivity contribution in [3.63, 3.8) is 0 Å². The minimum atomic E-state index is 0.232. The summed E-state index contributed by atoms with van der Waals surface area (Å²) in [5.41, 5.74) is 1.22. The number of methoxy groups -OCH3 is 1. The van der Waals surface area contributed by atoms with Gasteiger partial charge in [-0.05, 0) is 36.3 Å². The van der Waals surface area contributed by atoms with Crippen molar-refractivity contribution in [1.82, 2.24) is 0 Å². The van der Waals surface area contributed by atoms with Gasteiger partial charge in [0.25, 0.3) is 0 Å². The van der Waals surface area contributed by atoms with Gasteiger partial charge in [0.15, 0.2) is 0 Å². The van der Waals surface area contributed by atoms with Crippen molar-refractivity contribution in [2.75, 3.05) is 13.7 Å². The van der Waals surface area contributed by atoms with Crippen molar-refractivity contribution in [2.24, 2.45) is 5.92 Å². The van der Waals surface area contributed by atoms with E-state index in [1.54, 1.807) is 7.11 Å². The highest BCUT2D eigenvalue weighted by molar-refractivity contribution is 5.36. The minimum Gasteiger partial charge on any atom is -0.496 e. The zero-order valence-electron chi connectivity index (χ0n) is 10.4. The summed E-state index contributed by atoms with van der Waals surface area (Å²) in [7, 11) is 1.70. The maximum Gasteiger partial charge on any atom is 0.122 e. The van der Waals surface area contributed by atoms with Crippen LogP contribution in [0, 0.1) is 5.92 Å². The number of benzene rings is 1. The third kappa shape index (κ3) is 3.53. The molecule has 0 fully saturated rings. The molecule has 1 rings (SSSR count). The SMILES string of the molecule is COc1ccccc1C(CCO)CC(C)C. The third-order valence-electron chi connectivity index (χ3n) is 2.81. The number of rotatable bonds is 6. The van der Waals surface area contributed by atoms with E-state index < -0.39 is 0 Å². The molecule has 0 saturated carbocycles. The van der Waals surface area contributed by atoms with Gasteiger partial charge in [0.2, 0.25) is 0 Å². The van der Waals surface area contributed by atoms with Gasteiger partial charge in [-0.25, -0.2) is 0 Å². The Balaban J connectivity index is 2.90. The summed E-state index contributed by atoms with van der Waals surface area (Å²) < 4.78 is 5.37. The van der Waals surface area contributed by atoms with Gasteiger partial charge in [-0.3, -0.25) is 0 Å². The van der Waals surface area contributed by atoms with E-state index in [0.717, 1.165) is 18.6 Å². The molecular formula is C14H22O2. The van der Waals surface area contributed by atoms with Crippen LogP contribution in [0.5, 0.6) is 5.75 Å². The number of aliphatic hydroxyl groups excluding tert-OH is 1. The zero-order valence-corrected chi connectivity index (χ0v) is 10.4.